The predicted octanol–water partition coefficient (Wildman–Crippen LogP) is 0.943. The molecule has 0 bridgehead atoms. The van der Waals surface area contributed by atoms with E-state index in [1.165, 1.54) is 11.8 Å². The van der Waals surface area contributed by atoms with Gasteiger partial charge in [-0.3, -0.25) is 10.5 Å². The van der Waals surface area contributed by atoms with Crippen molar-refractivity contribution < 1.29 is 0 Å². The summed E-state index contributed by atoms with van der Waals surface area (Å²) in [6, 6.07) is 3.49. The standard InChI is InChI=1S/C9H10N6S/c1-5-13-9(15-14-5)16-8-6(7(10)11)3-2-4-12-8/h2-4H,1H3,(H3,10,11)(H,13,14,15). The molecule has 0 aliphatic heterocycles. The first-order valence-electron chi connectivity index (χ1n) is 4.53. The number of aryl methyl sites for hydroxylation is 1. The molecule has 6 nitrogen and oxygen atoms in total. The Balaban J connectivity index is 2.31. The average molecular weight is 234 g/mol. The van der Waals surface area contributed by atoms with Crippen LogP contribution in [0.4, 0.5) is 0 Å². The highest BCUT2D eigenvalue weighted by atomic mass is 32.2. The number of aromatic amines is 1. The molecule has 0 unspecified atom stereocenters. The van der Waals surface area contributed by atoms with Gasteiger partial charge in [0.25, 0.3) is 0 Å². The van der Waals surface area contributed by atoms with E-state index >= 15 is 0 Å². The second kappa shape index (κ2) is 4.31. The molecule has 2 rings (SSSR count). The number of hydrogen-bond acceptors (Lipinski definition) is 5. The monoisotopic (exact) mass is 234 g/mol. The van der Waals surface area contributed by atoms with Crippen LogP contribution < -0.4 is 5.73 Å². The Labute approximate surface area is 96.2 Å². The molecule has 0 fully saturated rings. The smallest absolute Gasteiger partial charge is 0.214 e. The maximum Gasteiger partial charge on any atom is 0.214 e. The van der Waals surface area contributed by atoms with Crippen molar-refractivity contribution in [1.29, 1.82) is 5.41 Å². The summed E-state index contributed by atoms with van der Waals surface area (Å²) < 4.78 is 0. The zero-order valence-corrected chi connectivity index (χ0v) is 9.38. The summed E-state index contributed by atoms with van der Waals surface area (Å²) in [5.74, 6) is 0.727. The van der Waals surface area contributed by atoms with E-state index in [1.807, 2.05) is 6.92 Å². The van der Waals surface area contributed by atoms with Gasteiger partial charge in [-0.1, -0.05) is 0 Å². The van der Waals surface area contributed by atoms with Crippen LogP contribution in [0.25, 0.3) is 0 Å². The lowest BCUT2D eigenvalue weighted by Gasteiger charge is -2.03. The molecule has 0 atom stereocenters. The quantitative estimate of drug-likeness (QED) is 0.541. The van der Waals surface area contributed by atoms with Gasteiger partial charge in [-0.2, -0.15) is 0 Å². The molecule has 0 saturated heterocycles. The predicted molar refractivity (Wildman–Crippen MR) is 60.5 cm³/mol. The number of nitrogen functional groups attached to an aromatic ring is 1. The zero-order chi connectivity index (χ0) is 11.5. The normalized spacial score (nSPS) is 10.3. The van der Waals surface area contributed by atoms with Crippen molar-refractivity contribution in [3.8, 4) is 0 Å². The summed E-state index contributed by atoms with van der Waals surface area (Å²) in [7, 11) is 0. The van der Waals surface area contributed by atoms with E-state index in [2.05, 4.69) is 20.2 Å². The first-order valence-corrected chi connectivity index (χ1v) is 5.34. The van der Waals surface area contributed by atoms with Crippen LogP contribution >= 0.6 is 11.8 Å². The Hall–Kier alpha value is -1.89. The summed E-state index contributed by atoms with van der Waals surface area (Å²) in [4.78, 5) is 8.30. The number of pyridine rings is 1. The molecule has 0 aromatic carbocycles. The third-order valence-corrected chi connectivity index (χ3v) is 2.71. The second-order valence-electron chi connectivity index (χ2n) is 3.08. The highest BCUT2D eigenvalue weighted by molar-refractivity contribution is 7.99. The number of H-pyrrole nitrogens is 1. The Morgan fingerprint density at radius 3 is 3.00 bits per heavy atom. The van der Waals surface area contributed by atoms with Crippen molar-refractivity contribution >= 4 is 17.6 Å². The van der Waals surface area contributed by atoms with E-state index in [9.17, 15) is 0 Å². The van der Waals surface area contributed by atoms with Gasteiger partial charge in [0.2, 0.25) is 5.16 Å². The number of hydrogen-bond donors (Lipinski definition) is 3. The van der Waals surface area contributed by atoms with Crippen molar-refractivity contribution in [2.75, 3.05) is 0 Å². The Bertz CT molecular complexity index is 520. The fourth-order valence-electron chi connectivity index (χ4n) is 1.13. The Morgan fingerprint density at radius 2 is 2.38 bits per heavy atom. The number of nitrogens with two attached hydrogens (primary N) is 1. The van der Waals surface area contributed by atoms with Gasteiger partial charge in [-0.15, -0.1) is 5.10 Å². The van der Waals surface area contributed by atoms with E-state index in [0.29, 0.717) is 15.7 Å². The molecule has 0 aliphatic rings. The average Bonchev–Trinajstić information content (AvgIpc) is 2.64. The molecular formula is C9H10N6S. The Kier molecular flexibility index (Phi) is 2.86. The topological polar surface area (TPSA) is 104 Å². The van der Waals surface area contributed by atoms with Crippen LogP contribution in [0.15, 0.2) is 28.5 Å². The third kappa shape index (κ3) is 2.19. The van der Waals surface area contributed by atoms with Gasteiger partial charge < -0.3 is 5.73 Å². The zero-order valence-electron chi connectivity index (χ0n) is 8.56. The molecule has 0 amide bonds. The van der Waals surface area contributed by atoms with Crippen molar-refractivity contribution in [1.82, 2.24) is 20.2 Å². The van der Waals surface area contributed by atoms with Gasteiger partial charge >= 0.3 is 0 Å². The minimum atomic E-state index is -0.0112. The molecule has 82 valence electrons. The first kappa shape index (κ1) is 10.6. The van der Waals surface area contributed by atoms with E-state index in [0.717, 1.165) is 5.82 Å². The van der Waals surface area contributed by atoms with Crippen molar-refractivity contribution in [3.05, 3.63) is 29.7 Å². The minimum absolute atomic E-state index is 0.0112. The van der Waals surface area contributed by atoms with Crippen molar-refractivity contribution in [2.45, 2.75) is 17.1 Å². The molecule has 16 heavy (non-hydrogen) atoms. The van der Waals surface area contributed by atoms with E-state index in [-0.39, 0.29) is 5.84 Å². The third-order valence-electron chi connectivity index (χ3n) is 1.83. The highest BCUT2D eigenvalue weighted by Gasteiger charge is 2.10. The lowest BCUT2D eigenvalue weighted by Crippen LogP contribution is -2.12. The molecule has 2 heterocycles. The van der Waals surface area contributed by atoms with E-state index in [1.54, 1.807) is 18.3 Å². The summed E-state index contributed by atoms with van der Waals surface area (Å²) in [6.45, 7) is 1.82. The molecule has 7 heteroatoms. The van der Waals surface area contributed by atoms with Crippen LogP contribution in [0.1, 0.15) is 11.4 Å². The van der Waals surface area contributed by atoms with Crippen LogP contribution in [0, 0.1) is 12.3 Å². The van der Waals surface area contributed by atoms with Gasteiger partial charge in [-0.25, -0.2) is 9.97 Å². The van der Waals surface area contributed by atoms with Crippen molar-refractivity contribution in [2.24, 2.45) is 5.73 Å². The molecule has 0 radical (unpaired) electrons. The lowest BCUT2D eigenvalue weighted by molar-refractivity contribution is 0.963. The molecule has 2 aromatic rings. The van der Waals surface area contributed by atoms with Gasteiger partial charge in [-0.05, 0) is 30.8 Å². The van der Waals surface area contributed by atoms with Crippen molar-refractivity contribution in [3.63, 3.8) is 0 Å². The number of amidine groups is 1. The van der Waals surface area contributed by atoms with E-state index < -0.39 is 0 Å². The fraction of sp³-hybridized carbons (Fsp3) is 0.111. The molecular weight excluding hydrogens is 224 g/mol. The summed E-state index contributed by atoms with van der Waals surface area (Å²) in [5, 5.41) is 15.4. The lowest BCUT2D eigenvalue weighted by atomic mass is 10.3. The van der Waals surface area contributed by atoms with Gasteiger partial charge in [0.1, 0.15) is 16.7 Å². The van der Waals surface area contributed by atoms with Gasteiger partial charge in [0, 0.05) is 11.8 Å². The van der Waals surface area contributed by atoms with E-state index in [4.69, 9.17) is 11.1 Å². The maximum atomic E-state index is 7.42. The molecule has 0 aliphatic carbocycles. The van der Waals surface area contributed by atoms with Crippen LogP contribution in [0.5, 0.6) is 0 Å². The van der Waals surface area contributed by atoms with Crippen LogP contribution in [0.3, 0.4) is 0 Å². The first-order chi connectivity index (χ1) is 7.66. The molecule has 0 spiro atoms. The highest BCUT2D eigenvalue weighted by Crippen LogP contribution is 2.25. The fourth-order valence-corrected chi connectivity index (χ4v) is 1.98. The number of aromatic nitrogens is 4. The maximum absolute atomic E-state index is 7.42. The summed E-state index contributed by atoms with van der Waals surface area (Å²) in [5.41, 5.74) is 6.05. The minimum Gasteiger partial charge on any atom is -0.384 e. The number of nitrogens with one attached hydrogen (secondary N) is 2. The second-order valence-corrected chi connectivity index (χ2v) is 4.03. The Morgan fingerprint density at radius 1 is 1.56 bits per heavy atom. The van der Waals surface area contributed by atoms with Gasteiger partial charge in [0.05, 0.1) is 0 Å². The van der Waals surface area contributed by atoms with Crippen LogP contribution in [-0.4, -0.2) is 26.0 Å². The SMILES string of the molecule is Cc1nc(Sc2ncccc2C(=N)N)n[nH]1. The van der Waals surface area contributed by atoms with Gasteiger partial charge in [0.15, 0.2) is 0 Å². The molecule has 2 aromatic heterocycles. The summed E-state index contributed by atoms with van der Waals surface area (Å²) >= 11 is 1.28. The summed E-state index contributed by atoms with van der Waals surface area (Å²) in [6.07, 6.45) is 1.65. The number of rotatable bonds is 3. The number of nitrogens with zero attached hydrogens (tertiary/aromatic N) is 3. The largest absolute Gasteiger partial charge is 0.384 e. The molecule has 4 N–H and O–H groups in total. The van der Waals surface area contributed by atoms with Crippen LogP contribution in [0.2, 0.25) is 0 Å². The molecule has 0 saturated carbocycles. The van der Waals surface area contributed by atoms with Crippen LogP contribution in [-0.2, 0) is 0 Å².